The average molecular weight is 359 g/mol. The van der Waals surface area contributed by atoms with Crippen molar-refractivity contribution < 1.29 is 14.0 Å². The van der Waals surface area contributed by atoms with Crippen LogP contribution in [0.2, 0.25) is 0 Å². The number of hydrogen-bond acceptors (Lipinski definition) is 4. The molecule has 2 amide bonds. The van der Waals surface area contributed by atoms with Gasteiger partial charge < -0.3 is 14.6 Å². The topological polar surface area (TPSA) is 65.8 Å². The van der Waals surface area contributed by atoms with Crippen LogP contribution in [0.1, 0.15) is 50.7 Å². The highest BCUT2D eigenvalue weighted by molar-refractivity contribution is 5.85. The second-order valence-electron chi connectivity index (χ2n) is 8.14. The molecule has 0 radical (unpaired) electrons. The molecule has 6 heteroatoms. The van der Waals surface area contributed by atoms with E-state index in [0.29, 0.717) is 25.0 Å². The van der Waals surface area contributed by atoms with E-state index < -0.39 is 0 Å². The zero-order chi connectivity index (χ0) is 18.0. The number of furan rings is 1. The molecule has 0 aromatic carbocycles. The van der Waals surface area contributed by atoms with Crippen LogP contribution in [0, 0.1) is 5.41 Å². The molecule has 1 saturated carbocycles. The van der Waals surface area contributed by atoms with Gasteiger partial charge >= 0.3 is 0 Å². The molecule has 26 heavy (non-hydrogen) atoms. The summed E-state index contributed by atoms with van der Waals surface area (Å²) in [5, 5.41) is 2.90. The highest BCUT2D eigenvalue weighted by Gasteiger charge is 2.49. The van der Waals surface area contributed by atoms with Crippen molar-refractivity contribution in [2.75, 3.05) is 26.2 Å². The molecule has 1 N–H and O–H groups in total. The molecular formula is C20H29N3O3. The quantitative estimate of drug-likeness (QED) is 0.875. The molecule has 3 heterocycles. The lowest BCUT2D eigenvalue weighted by Gasteiger charge is -2.42. The van der Waals surface area contributed by atoms with Crippen molar-refractivity contribution in [3.63, 3.8) is 0 Å². The van der Waals surface area contributed by atoms with Crippen molar-refractivity contribution in [1.29, 1.82) is 0 Å². The summed E-state index contributed by atoms with van der Waals surface area (Å²) in [5.74, 6) is 1.11. The Morgan fingerprint density at radius 2 is 2.08 bits per heavy atom. The van der Waals surface area contributed by atoms with Crippen molar-refractivity contribution in [2.24, 2.45) is 5.41 Å². The number of likely N-dealkylation sites (tertiary alicyclic amines) is 2. The van der Waals surface area contributed by atoms with Crippen LogP contribution in [-0.2, 0) is 16.1 Å². The maximum absolute atomic E-state index is 13.2. The Labute approximate surface area is 154 Å². The van der Waals surface area contributed by atoms with Crippen molar-refractivity contribution in [3.05, 3.63) is 24.2 Å². The van der Waals surface area contributed by atoms with E-state index in [0.717, 1.165) is 44.7 Å². The summed E-state index contributed by atoms with van der Waals surface area (Å²) < 4.78 is 5.24. The fourth-order valence-corrected chi connectivity index (χ4v) is 4.99. The maximum atomic E-state index is 13.2. The molecule has 1 aromatic rings. The number of rotatable bonds is 5. The van der Waals surface area contributed by atoms with Crippen molar-refractivity contribution in [1.82, 2.24) is 15.1 Å². The highest BCUT2D eigenvalue weighted by atomic mass is 16.3. The zero-order valence-electron chi connectivity index (χ0n) is 15.4. The number of piperidine rings is 1. The number of carbonyl (C=O) groups is 2. The minimum Gasteiger partial charge on any atom is -0.467 e. The lowest BCUT2D eigenvalue weighted by Crippen LogP contribution is -2.53. The first kappa shape index (κ1) is 17.6. The van der Waals surface area contributed by atoms with Gasteiger partial charge in [-0.3, -0.25) is 14.5 Å². The Morgan fingerprint density at radius 3 is 2.85 bits per heavy atom. The number of nitrogens with one attached hydrogen (secondary N) is 1. The van der Waals surface area contributed by atoms with Gasteiger partial charge in [0, 0.05) is 19.1 Å². The zero-order valence-corrected chi connectivity index (χ0v) is 15.4. The van der Waals surface area contributed by atoms with E-state index >= 15 is 0 Å². The molecule has 3 aliphatic rings. The van der Waals surface area contributed by atoms with Gasteiger partial charge in [0.05, 0.1) is 24.8 Å². The summed E-state index contributed by atoms with van der Waals surface area (Å²) in [6.45, 7) is 3.26. The summed E-state index contributed by atoms with van der Waals surface area (Å²) in [4.78, 5) is 29.8. The summed E-state index contributed by atoms with van der Waals surface area (Å²) in [6.07, 6.45) is 9.41. The van der Waals surface area contributed by atoms with E-state index in [1.54, 1.807) is 6.26 Å². The van der Waals surface area contributed by atoms with Gasteiger partial charge in [-0.2, -0.15) is 0 Å². The van der Waals surface area contributed by atoms with Gasteiger partial charge in [-0.25, -0.2) is 0 Å². The first-order valence-corrected chi connectivity index (χ1v) is 9.99. The van der Waals surface area contributed by atoms with E-state index in [1.807, 2.05) is 12.1 Å². The molecule has 2 saturated heterocycles. The largest absolute Gasteiger partial charge is 0.467 e. The summed E-state index contributed by atoms with van der Waals surface area (Å²) >= 11 is 0. The van der Waals surface area contributed by atoms with Crippen molar-refractivity contribution in [2.45, 2.75) is 57.5 Å². The summed E-state index contributed by atoms with van der Waals surface area (Å²) in [6, 6.07) is 4.13. The Balaban J connectivity index is 1.31. The van der Waals surface area contributed by atoms with Gasteiger partial charge in [0.2, 0.25) is 11.8 Å². The summed E-state index contributed by atoms with van der Waals surface area (Å²) in [5.41, 5.74) is -0.248. The Morgan fingerprint density at radius 1 is 1.23 bits per heavy atom. The van der Waals surface area contributed by atoms with Gasteiger partial charge in [-0.15, -0.1) is 0 Å². The maximum Gasteiger partial charge on any atom is 0.234 e. The van der Waals surface area contributed by atoms with E-state index in [1.165, 1.54) is 25.7 Å². The third kappa shape index (κ3) is 3.52. The Bertz CT molecular complexity index is 639. The molecular weight excluding hydrogens is 330 g/mol. The van der Waals surface area contributed by atoms with Gasteiger partial charge in [-0.1, -0.05) is 12.8 Å². The predicted molar refractivity (Wildman–Crippen MR) is 97.2 cm³/mol. The van der Waals surface area contributed by atoms with Crippen LogP contribution in [0.15, 0.2) is 22.8 Å². The van der Waals surface area contributed by atoms with Gasteiger partial charge in [-0.05, 0) is 50.8 Å². The first-order chi connectivity index (χ1) is 12.7. The summed E-state index contributed by atoms with van der Waals surface area (Å²) in [7, 11) is 0. The third-order valence-corrected chi connectivity index (χ3v) is 6.37. The number of hydrogen-bond donors (Lipinski definition) is 1. The van der Waals surface area contributed by atoms with Crippen molar-refractivity contribution >= 4 is 11.8 Å². The molecule has 1 atom stereocenters. The molecule has 0 bridgehead atoms. The minimum absolute atomic E-state index is 0.00522. The van der Waals surface area contributed by atoms with Crippen LogP contribution in [0.5, 0.6) is 0 Å². The predicted octanol–water partition coefficient (Wildman–Crippen LogP) is 2.15. The average Bonchev–Trinajstić information content (AvgIpc) is 3.38. The molecule has 1 aliphatic carbocycles. The standard InChI is InChI=1S/C20H29N3O3/c24-18(21-13-17-7-3-12-26-17)14-22-11-9-20(15-22)8-4-10-23(19(20)25)16-5-1-2-6-16/h3,7,12,16H,1-2,4-6,8-11,13-15H2,(H,21,24). The van der Waals surface area contributed by atoms with E-state index in [4.69, 9.17) is 4.42 Å². The first-order valence-electron chi connectivity index (χ1n) is 9.99. The Kier molecular flexibility index (Phi) is 5.02. The van der Waals surface area contributed by atoms with Crippen LogP contribution in [0.3, 0.4) is 0 Å². The van der Waals surface area contributed by atoms with Gasteiger partial charge in [0.1, 0.15) is 5.76 Å². The molecule has 2 aliphatic heterocycles. The highest BCUT2D eigenvalue weighted by Crippen LogP contribution is 2.42. The molecule has 3 fully saturated rings. The monoisotopic (exact) mass is 359 g/mol. The van der Waals surface area contributed by atoms with Gasteiger partial charge in [0.15, 0.2) is 0 Å². The Hall–Kier alpha value is -1.82. The smallest absolute Gasteiger partial charge is 0.234 e. The number of amides is 2. The van der Waals surface area contributed by atoms with E-state index in [9.17, 15) is 9.59 Å². The van der Waals surface area contributed by atoms with Crippen LogP contribution in [0.25, 0.3) is 0 Å². The lowest BCUT2D eigenvalue weighted by molar-refractivity contribution is -0.148. The number of carbonyl (C=O) groups excluding carboxylic acids is 2. The molecule has 4 rings (SSSR count). The minimum atomic E-state index is -0.248. The van der Waals surface area contributed by atoms with E-state index in [-0.39, 0.29) is 11.3 Å². The number of nitrogens with zero attached hydrogens (tertiary/aromatic N) is 2. The molecule has 1 spiro atoms. The van der Waals surface area contributed by atoms with Gasteiger partial charge in [0.25, 0.3) is 0 Å². The van der Waals surface area contributed by atoms with Crippen LogP contribution >= 0.6 is 0 Å². The third-order valence-electron chi connectivity index (χ3n) is 6.37. The lowest BCUT2D eigenvalue weighted by atomic mass is 9.77. The molecule has 1 unspecified atom stereocenters. The van der Waals surface area contributed by atoms with Crippen LogP contribution < -0.4 is 5.32 Å². The van der Waals surface area contributed by atoms with Crippen LogP contribution in [-0.4, -0.2) is 53.8 Å². The van der Waals surface area contributed by atoms with E-state index in [2.05, 4.69) is 15.1 Å². The van der Waals surface area contributed by atoms with Crippen molar-refractivity contribution in [3.8, 4) is 0 Å². The molecule has 142 valence electrons. The fraction of sp³-hybridized carbons (Fsp3) is 0.700. The second-order valence-corrected chi connectivity index (χ2v) is 8.14. The SMILES string of the molecule is O=C(CN1CCC2(CCCN(C3CCCC3)C2=O)C1)NCc1ccco1. The second kappa shape index (κ2) is 7.43. The molecule has 6 nitrogen and oxygen atoms in total. The normalized spacial score (nSPS) is 27.5. The molecule has 1 aromatic heterocycles. The van der Waals surface area contributed by atoms with Crippen LogP contribution in [0.4, 0.5) is 0 Å². The fourth-order valence-electron chi connectivity index (χ4n) is 4.99.